The predicted octanol–water partition coefficient (Wildman–Crippen LogP) is 8.15. The first-order valence-electron chi connectivity index (χ1n) is 14.9. The van der Waals surface area contributed by atoms with E-state index in [9.17, 15) is 4.39 Å². The molecule has 6 rings (SSSR count). The minimum atomic E-state index is -1.45. The molecule has 0 aliphatic rings. The molecule has 0 aliphatic carbocycles. The van der Waals surface area contributed by atoms with E-state index in [-0.39, 0.29) is 5.82 Å². The van der Waals surface area contributed by atoms with E-state index < -0.39 is 9.39 Å². The second-order valence-electron chi connectivity index (χ2n) is 11.4. The smallest absolute Gasteiger partial charge is 0.161 e. The molecule has 3 N–H and O–H groups in total. The SMILES string of the molecule is C=C/C(=C\C(=C/C)c1ccc2[nH]nc(-c3nc4c(-c5cc(F)cc(CNS(=C)(=C)C)c5)nccc4[nH]3)c2n1)CCc1ccccc1. The number of H-pyrrole nitrogens is 2. The molecule has 0 radical (unpaired) electrons. The van der Waals surface area contributed by atoms with Crippen LogP contribution in [0.2, 0.25) is 0 Å². The summed E-state index contributed by atoms with van der Waals surface area (Å²) in [4.78, 5) is 17.9. The van der Waals surface area contributed by atoms with Crippen LogP contribution in [0.3, 0.4) is 0 Å². The summed E-state index contributed by atoms with van der Waals surface area (Å²) in [6.45, 7) is 6.50. The van der Waals surface area contributed by atoms with Gasteiger partial charge in [0.05, 0.1) is 22.4 Å². The summed E-state index contributed by atoms with van der Waals surface area (Å²) in [6.07, 6.45) is 11.5. The van der Waals surface area contributed by atoms with Crippen molar-refractivity contribution < 1.29 is 4.39 Å². The zero-order chi connectivity index (χ0) is 32.3. The minimum Gasteiger partial charge on any atom is -0.336 e. The van der Waals surface area contributed by atoms with Crippen LogP contribution in [0.15, 0.2) is 103 Å². The monoisotopic (exact) mass is 629 g/mol. The van der Waals surface area contributed by atoms with Gasteiger partial charge in [0.25, 0.3) is 0 Å². The van der Waals surface area contributed by atoms with E-state index in [1.165, 1.54) is 17.7 Å². The molecule has 0 saturated heterocycles. The molecule has 0 spiro atoms. The van der Waals surface area contributed by atoms with Crippen molar-refractivity contribution >= 4 is 48.8 Å². The average Bonchev–Trinajstić information content (AvgIpc) is 3.68. The molecule has 0 amide bonds. The Hall–Kier alpha value is -5.12. The van der Waals surface area contributed by atoms with Gasteiger partial charge >= 0.3 is 0 Å². The van der Waals surface area contributed by atoms with Gasteiger partial charge in [-0.1, -0.05) is 60.8 Å². The van der Waals surface area contributed by atoms with Gasteiger partial charge in [-0.25, -0.2) is 14.4 Å². The number of fused-ring (bicyclic) bond motifs is 2. The standard InChI is InChI=1S/C37H36FN7S/c1-6-24(13-14-25-11-9-8-10-12-25)19-27(7-2)30-15-16-32-35(41-30)36(45-44-32)37-42-31-17-18-39-33(34(31)43-37)28-20-26(21-29(38)22-28)23-40-46(3,4)5/h6-12,15-22,40H,1,3-4,13-14,23H2,2,5H3,(H,42,43)(H,44,45)/b24-19+,27-7+. The van der Waals surface area contributed by atoms with Gasteiger partial charge in [-0.05, 0) is 90.8 Å². The Morgan fingerprint density at radius 3 is 2.52 bits per heavy atom. The van der Waals surface area contributed by atoms with Crippen LogP contribution in [0.4, 0.5) is 4.39 Å². The maximum atomic E-state index is 14.7. The Bertz CT molecular complexity index is 2220. The first kappa shape index (κ1) is 30.9. The zero-order valence-corrected chi connectivity index (χ0v) is 26.8. The predicted molar refractivity (Wildman–Crippen MR) is 193 cm³/mol. The van der Waals surface area contributed by atoms with Crippen LogP contribution in [0.25, 0.3) is 50.4 Å². The van der Waals surface area contributed by atoms with Gasteiger partial charge in [-0.15, -0.1) is 0 Å². The number of nitrogens with one attached hydrogen (secondary N) is 3. The Morgan fingerprint density at radius 1 is 0.957 bits per heavy atom. The fourth-order valence-corrected chi connectivity index (χ4v) is 5.82. The highest BCUT2D eigenvalue weighted by atomic mass is 32.2. The number of rotatable bonds is 11. The lowest BCUT2D eigenvalue weighted by molar-refractivity contribution is 0.625. The highest BCUT2D eigenvalue weighted by molar-refractivity contribution is 8.25. The third-order valence-electron chi connectivity index (χ3n) is 7.64. The molecule has 0 saturated carbocycles. The van der Waals surface area contributed by atoms with Gasteiger partial charge < -0.3 is 4.98 Å². The fourth-order valence-electron chi connectivity index (χ4n) is 5.30. The molecule has 232 valence electrons. The number of hydrogen-bond acceptors (Lipinski definition) is 5. The molecule has 46 heavy (non-hydrogen) atoms. The summed E-state index contributed by atoms with van der Waals surface area (Å²) in [5.74, 6) is 8.29. The second kappa shape index (κ2) is 13.1. The summed E-state index contributed by atoms with van der Waals surface area (Å²) in [7, 11) is -1.45. The van der Waals surface area contributed by atoms with Gasteiger partial charge in [-0.3, -0.25) is 14.8 Å². The Labute approximate surface area is 268 Å². The van der Waals surface area contributed by atoms with Crippen LogP contribution in [-0.2, 0) is 13.0 Å². The lowest BCUT2D eigenvalue weighted by atomic mass is 10.0. The lowest BCUT2D eigenvalue weighted by Gasteiger charge is -2.12. The molecule has 0 aliphatic heterocycles. The van der Waals surface area contributed by atoms with E-state index in [2.05, 4.69) is 79.6 Å². The topological polar surface area (TPSA) is 95.2 Å². The molecule has 9 heteroatoms. The van der Waals surface area contributed by atoms with Crippen molar-refractivity contribution in [2.24, 2.45) is 0 Å². The number of aryl methyl sites for hydroxylation is 1. The fraction of sp³-hybridized carbons (Fsp3) is 0.135. The van der Waals surface area contributed by atoms with Crippen molar-refractivity contribution in [3.05, 3.63) is 126 Å². The van der Waals surface area contributed by atoms with Gasteiger partial charge in [0, 0.05) is 18.3 Å². The van der Waals surface area contributed by atoms with Gasteiger partial charge in [0.2, 0.25) is 0 Å². The van der Waals surface area contributed by atoms with E-state index in [0.29, 0.717) is 40.4 Å². The lowest BCUT2D eigenvalue weighted by Crippen LogP contribution is -2.08. The van der Waals surface area contributed by atoms with Crippen LogP contribution >= 0.6 is 9.39 Å². The maximum Gasteiger partial charge on any atom is 0.161 e. The molecule has 7 nitrogen and oxygen atoms in total. The average molecular weight is 630 g/mol. The number of allylic oxidation sites excluding steroid dienone is 5. The van der Waals surface area contributed by atoms with E-state index in [4.69, 9.17) is 9.97 Å². The van der Waals surface area contributed by atoms with Crippen LogP contribution in [0.1, 0.15) is 30.2 Å². The number of nitrogens with zero attached hydrogens (tertiary/aromatic N) is 4. The number of aromatic amines is 2. The third-order valence-corrected chi connectivity index (χ3v) is 8.49. The second-order valence-corrected chi connectivity index (χ2v) is 14.2. The van der Waals surface area contributed by atoms with E-state index in [0.717, 1.165) is 46.3 Å². The number of pyridine rings is 2. The first-order chi connectivity index (χ1) is 22.2. The van der Waals surface area contributed by atoms with Crippen molar-refractivity contribution in [1.29, 1.82) is 0 Å². The summed E-state index contributed by atoms with van der Waals surface area (Å²) < 4.78 is 18.0. The molecule has 6 aromatic rings. The van der Waals surface area contributed by atoms with Crippen molar-refractivity contribution in [2.75, 3.05) is 6.26 Å². The molecule has 0 bridgehead atoms. The van der Waals surface area contributed by atoms with E-state index in [1.807, 2.05) is 49.6 Å². The minimum absolute atomic E-state index is 0.350. The Kier molecular flexibility index (Phi) is 8.78. The normalized spacial score (nSPS) is 12.7. The molecule has 0 unspecified atom stereocenters. The molecule has 4 aromatic heterocycles. The van der Waals surface area contributed by atoms with Crippen LogP contribution < -0.4 is 4.72 Å². The number of aromatic nitrogens is 6. The van der Waals surface area contributed by atoms with Gasteiger partial charge in [-0.2, -0.15) is 14.5 Å². The molecule has 0 atom stereocenters. The van der Waals surface area contributed by atoms with E-state index >= 15 is 0 Å². The number of halogens is 1. The first-order valence-corrected chi connectivity index (χ1v) is 17.3. The van der Waals surface area contributed by atoms with E-state index in [1.54, 1.807) is 6.20 Å². The summed E-state index contributed by atoms with van der Waals surface area (Å²) in [5.41, 5.74) is 9.65. The summed E-state index contributed by atoms with van der Waals surface area (Å²) >= 11 is 0. The Balaban J connectivity index is 1.33. The number of benzene rings is 2. The van der Waals surface area contributed by atoms with Gasteiger partial charge in [0.15, 0.2) is 11.5 Å². The Morgan fingerprint density at radius 2 is 1.76 bits per heavy atom. The zero-order valence-electron chi connectivity index (χ0n) is 26.0. The maximum absolute atomic E-state index is 14.7. The van der Waals surface area contributed by atoms with Crippen molar-refractivity contribution in [2.45, 2.75) is 26.3 Å². The van der Waals surface area contributed by atoms with Crippen molar-refractivity contribution in [3.8, 4) is 22.8 Å². The quantitative estimate of drug-likeness (QED) is 0.0993. The number of hydrogen-bond donors (Lipinski definition) is 3. The summed E-state index contributed by atoms with van der Waals surface area (Å²) in [5, 5.41) is 7.66. The van der Waals surface area contributed by atoms with Crippen LogP contribution in [-0.4, -0.2) is 48.1 Å². The van der Waals surface area contributed by atoms with Gasteiger partial charge in [0.1, 0.15) is 16.9 Å². The van der Waals surface area contributed by atoms with Crippen LogP contribution in [0.5, 0.6) is 0 Å². The molecule has 0 fully saturated rings. The van der Waals surface area contributed by atoms with Crippen molar-refractivity contribution in [1.82, 2.24) is 34.9 Å². The molecular weight excluding hydrogens is 594 g/mol. The highest BCUT2D eigenvalue weighted by Crippen LogP contribution is 2.31. The van der Waals surface area contributed by atoms with Crippen molar-refractivity contribution in [3.63, 3.8) is 0 Å². The number of imidazole rings is 1. The largest absolute Gasteiger partial charge is 0.336 e. The molecular formula is C37H36FN7S. The molecule has 2 aromatic carbocycles. The third kappa shape index (κ3) is 6.91. The molecule has 4 heterocycles. The highest BCUT2D eigenvalue weighted by Gasteiger charge is 2.18. The summed E-state index contributed by atoms with van der Waals surface area (Å²) in [6, 6.07) is 21.1. The van der Waals surface area contributed by atoms with Crippen LogP contribution in [0, 0.1) is 5.82 Å².